The molecule has 0 aliphatic carbocycles. The van der Waals surface area contributed by atoms with E-state index < -0.39 is 17.4 Å². The fraction of sp³-hybridized carbons (Fsp3) is 0.120. The van der Waals surface area contributed by atoms with Crippen molar-refractivity contribution in [2.24, 2.45) is 0 Å². The summed E-state index contributed by atoms with van der Waals surface area (Å²) in [5, 5.41) is 3.64. The molecule has 1 atom stereocenters. The van der Waals surface area contributed by atoms with Crippen LogP contribution in [-0.2, 0) is 4.79 Å². The number of carbonyl (C=O) groups excluding carboxylic acids is 1. The van der Waals surface area contributed by atoms with Gasteiger partial charge in [-0.05, 0) is 37.3 Å². The van der Waals surface area contributed by atoms with Crippen LogP contribution in [0.4, 0.5) is 5.69 Å². The zero-order valence-electron chi connectivity index (χ0n) is 18.0. The van der Waals surface area contributed by atoms with E-state index in [1.165, 1.54) is 26.2 Å². The summed E-state index contributed by atoms with van der Waals surface area (Å²) in [4.78, 5) is 26.2. The number of fused-ring (bicyclic) bond motifs is 1. The number of hydrogen-bond acceptors (Lipinski definition) is 5. The van der Waals surface area contributed by atoms with Gasteiger partial charge in [-0.25, -0.2) is 0 Å². The average Bonchev–Trinajstić information content (AvgIpc) is 2.81. The zero-order valence-corrected chi connectivity index (χ0v) is 20.3. The molecule has 34 heavy (non-hydrogen) atoms. The maximum atomic E-state index is 13.4. The first-order valence-electron chi connectivity index (χ1n) is 10.1. The summed E-state index contributed by atoms with van der Waals surface area (Å²) >= 11 is 18.5. The summed E-state index contributed by atoms with van der Waals surface area (Å²) in [7, 11) is 1.50. The van der Waals surface area contributed by atoms with Crippen LogP contribution in [-0.4, -0.2) is 19.1 Å². The molecule has 1 aromatic heterocycles. The first-order chi connectivity index (χ1) is 16.3. The largest absolute Gasteiger partial charge is 0.495 e. The Hall–Kier alpha value is -3.19. The van der Waals surface area contributed by atoms with E-state index in [1.807, 2.05) is 6.07 Å². The topological polar surface area (TPSA) is 77.8 Å². The molecule has 0 aliphatic heterocycles. The smallest absolute Gasteiger partial charge is 0.265 e. The number of halogens is 3. The van der Waals surface area contributed by atoms with Crippen molar-refractivity contribution < 1.29 is 18.7 Å². The van der Waals surface area contributed by atoms with E-state index in [-0.39, 0.29) is 32.5 Å². The molecule has 0 saturated carbocycles. The van der Waals surface area contributed by atoms with Gasteiger partial charge >= 0.3 is 0 Å². The van der Waals surface area contributed by atoms with Gasteiger partial charge < -0.3 is 19.2 Å². The molecule has 9 heteroatoms. The molecular weight excluding hydrogens is 501 g/mol. The number of carbonyl (C=O) groups is 1. The Balaban J connectivity index is 1.72. The SMILES string of the molecule is COc1ccc(NC(=O)C(C)Oc2c(-c3ccccc3)oc3c(Cl)cc(Cl)cc3c2=O)cc1Cl. The number of hydrogen-bond donors (Lipinski definition) is 1. The standard InChI is InChI=1S/C25H18Cl3NO5/c1-13(25(31)29-16-8-9-20(32-2)18(27)12-16)33-24-21(30)17-10-15(26)11-19(28)23(17)34-22(24)14-6-4-3-5-7-14/h3-13H,1-2H3,(H,29,31). The number of anilines is 1. The van der Waals surface area contributed by atoms with Crippen LogP contribution < -0.4 is 20.2 Å². The van der Waals surface area contributed by atoms with E-state index in [1.54, 1.807) is 42.5 Å². The Morgan fingerprint density at radius 2 is 1.74 bits per heavy atom. The third kappa shape index (κ3) is 4.85. The Labute approximate surface area is 210 Å². The lowest BCUT2D eigenvalue weighted by Gasteiger charge is -2.17. The van der Waals surface area contributed by atoms with E-state index in [0.29, 0.717) is 22.0 Å². The highest BCUT2D eigenvalue weighted by molar-refractivity contribution is 6.38. The molecule has 0 radical (unpaired) electrons. The van der Waals surface area contributed by atoms with Gasteiger partial charge in [-0.2, -0.15) is 0 Å². The summed E-state index contributed by atoms with van der Waals surface area (Å²) < 4.78 is 17.0. The molecule has 1 amide bonds. The zero-order chi connectivity index (χ0) is 24.4. The highest BCUT2D eigenvalue weighted by Gasteiger charge is 2.24. The third-order valence-corrected chi connectivity index (χ3v) is 5.78. The van der Waals surface area contributed by atoms with Crippen molar-refractivity contribution in [2.75, 3.05) is 12.4 Å². The lowest BCUT2D eigenvalue weighted by molar-refractivity contribution is -0.122. The van der Waals surface area contributed by atoms with Crippen LogP contribution in [0.15, 0.2) is 69.9 Å². The molecule has 0 aliphatic rings. The molecule has 0 spiro atoms. The van der Waals surface area contributed by atoms with Crippen LogP contribution in [0, 0.1) is 0 Å². The molecule has 4 rings (SSSR count). The van der Waals surface area contributed by atoms with E-state index in [0.717, 1.165) is 0 Å². The molecule has 0 bridgehead atoms. The van der Waals surface area contributed by atoms with Gasteiger partial charge in [0, 0.05) is 16.3 Å². The molecule has 6 nitrogen and oxygen atoms in total. The lowest BCUT2D eigenvalue weighted by Crippen LogP contribution is -2.31. The molecule has 1 N–H and O–H groups in total. The summed E-state index contributed by atoms with van der Waals surface area (Å²) in [6.07, 6.45) is -1.06. The Morgan fingerprint density at radius 3 is 2.41 bits per heavy atom. The molecular formula is C25H18Cl3NO5. The van der Waals surface area contributed by atoms with Crippen molar-refractivity contribution in [1.82, 2.24) is 0 Å². The highest BCUT2D eigenvalue weighted by Crippen LogP contribution is 2.35. The quantitative estimate of drug-likeness (QED) is 0.302. The number of nitrogens with one attached hydrogen (secondary N) is 1. The second-order valence-electron chi connectivity index (χ2n) is 7.32. The van der Waals surface area contributed by atoms with Gasteiger partial charge in [-0.15, -0.1) is 0 Å². The third-order valence-electron chi connectivity index (χ3n) is 4.99. The number of rotatable bonds is 6. The molecule has 3 aromatic carbocycles. The van der Waals surface area contributed by atoms with E-state index in [2.05, 4.69) is 5.32 Å². The number of ether oxygens (including phenoxy) is 2. The second kappa shape index (κ2) is 9.97. The highest BCUT2D eigenvalue weighted by atomic mass is 35.5. The van der Waals surface area contributed by atoms with Gasteiger partial charge in [-0.1, -0.05) is 65.1 Å². The first kappa shape index (κ1) is 24.0. The van der Waals surface area contributed by atoms with E-state index in [4.69, 9.17) is 48.7 Å². The minimum Gasteiger partial charge on any atom is -0.495 e. The van der Waals surface area contributed by atoms with Crippen LogP contribution in [0.1, 0.15) is 6.92 Å². The molecule has 0 fully saturated rings. The van der Waals surface area contributed by atoms with Crippen molar-refractivity contribution in [1.29, 1.82) is 0 Å². The first-order valence-corrected chi connectivity index (χ1v) is 11.2. The van der Waals surface area contributed by atoms with Crippen molar-refractivity contribution in [2.45, 2.75) is 13.0 Å². The van der Waals surface area contributed by atoms with Crippen LogP contribution in [0.3, 0.4) is 0 Å². The minimum atomic E-state index is -1.06. The van der Waals surface area contributed by atoms with Crippen molar-refractivity contribution >= 4 is 57.4 Å². The van der Waals surface area contributed by atoms with Crippen LogP contribution in [0.2, 0.25) is 15.1 Å². The molecule has 174 valence electrons. The number of amides is 1. The average molecular weight is 519 g/mol. The van der Waals surface area contributed by atoms with Gasteiger partial charge in [0.15, 0.2) is 17.4 Å². The Kier molecular flexibility index (Phi) is 7.03. The predicted molar refractivity (Wildman–Crippen MR) is 135 cm³/mol. The van der Waals surface area contributed by atoms with Crippen LogP contribution in [0.5, 0.6) is 11.5 Å². The van der Waals surface area contributed by atoms with Crippen molar-refractivity contribution in [3.05, 3.63) is 86.0 Å². The summed E-state index contributed by atoms with van der Waals surface area (Å²) in [6, 6.07) is 16.7. The minimum absolute atomic E-state index is 0.132. The van der Waals surface area contributed by atoms with Gasteiger partial charge in [-0.3, -0.25) is 9.59 Å². The number of benzene rings is 3. The molecule has 1 unspecified atom stereocenters. The fourth-order valence-electron chi connectivity index (χ4n) is 3.31. The molecule has 0 saturated heterocycles. The van der Waals surface area contributed by atoms with Gasteiger partial charge in [0.1, 0.15) is 5.75 Å². The Bertz CT molecular complexity index is 1440. The Morgan fingerprint density at radius 1 is 1.00 bits per heavy atom. The lowest BCUT2D eigenvalue weighted by atomic mass is 10.1. The fourth-order valence-corrected chi connectivity index (χ4v) is 4.10. The van der Waals surface area contributed by atoms with Gasteiger partial charge in [0.2, 0.25) is 11.2 Å². The van der Waals surface area contributed by atoms with E-state index >= 15 is 0 Å². The molecule has 1 heterocycles. The summed E-state index contributed by atoms with van der Waals surface area (Å²) in [5.41, 5.74) is 0.694. The van der Waals surface area contributed by atoms with Gasteiger partial charge in [0.05, 0.1) is 22.5 Å². The van der Waals surface area contributed by atoms with Crippen LogP contribution >= 0.6 is 34.8 Å². The monoisotopic (exact) mass is 517 g/mol. The maximum Gasteiger partial charge on any atom is 0.265 e. The maximum absolute atomic E-state index is 13.4. The summed E-state index contributed by atoms with van der Waals surface area (Å²) in [5.74, 6) is -0.00617. The second-order valence-corrected chi connectivity index (χ2v) is 8.57. The van der Waals surface area contributed by atoms with Crippen molar-refractivity contribution in [3.63, 3.8) is 0 Å². The van der Waals surface area contributed by atoms with Crippen LogP contribution in [0.25, 0.3) is 22.3 Å². The molecule has 4 aromatic rings. The van der Waals surface area contributed by atoms with E-state index in [9.17, 15) is 9.59 Å². The normalized spacial score (nSPS) is 11.8. The van der Waals surface area contributed by atoms with Gasteiger partial charge in [0.25, 0.3) is 5.91 Å². The predicted octanol–water partition coefficient (Wildman–Crippen LogP) is 6.83. The number of methoxy groups -OCH3 is 1. The summed E-state index contributed by atoms with van der Waals surface area (Å²) in [6.45, 7) is 1.52. The van der Waals surface area contributed by atoms with Crippen molar-refractivity contribution in [3.8, 4) is 22.8 Å².